The fraction of sp³-hybridized carbons (Fsp3) is 0.550. The van der Waals surface area contributed by atoms with Gasteiger partial charge in [0.2, 0.25) is 0 Å². The highest BCUT2D eigenvalue weighted by molar-refractivity contribution is 5.95. The molecule has 2 amide bonds. The Morgan fingerprint density at radius 3 is 2.85 bits per heavy atom. The first-order chi connectivity index (χ1) is 13.0. The zero-order valence-electron chi connectivity index (χ0n) is 16.0. The first kappa shape index (κ1) is 17.8. The molecule has 3 N–H and O–H groups in total. The van der Waals surface area contributed by atoms with Crippen LogP contribution in [-0.4, -0.2) is 51.0 Å². The van der Waals surface area contributed by atoms with E-state index in [9.17, 15) is 9.59 Å². The van der Waals surface area contributed by atoms with Crippen molar-refractivity contribution in [3.05, 3.63) is 40.5 Å². The number of carbonyl (C=O) groups is 2. The molecular formula is C20H27N5O2. The molecule has 0 bridgehead atoms. The molecule has 144 valence electrons. The van der Waals surface area contributed by atoms with E-state index in [1.807, 2.05) is 17.9 Å². The summed E-state index contributed by atoms with van der Waals surface area (Å²) in [6.07, 6.45) is 6.73. The van der Waals surface area contributed by atoms with Gasteiger partial charge in [0.25, 0.3) is 11.8 Å². The number of hydrogen-bond acceptors (Lipinski definition) is 3. The van der Waals surface area contributed by atoms with Crippen LogP contribution in [0.1, 0.15) is 64.0 Å². The molecule has 0 spiro atoms. The third kappa shape index (κ3) is 3.38. The van der Waals surface area contributed by atoms with Gasteiger partial charge in [0.15, 0.2) is 5.69 Å². The molecule has 1 saturated heterocycles. The van der Waals surface area contributed by atoms with Crippen LogP contribution in [-0.2, 0) is 12.8 Å². The number of nitrogens with zero attached hydrogens (tertiary/aromatic N) is 2. The van der Waals surface area contributed by atoms with Crippen LogP contribution in [0.4, 0.5) is 0 Å². The van der Waals surface area contributed by atoms with Crippen LogP contribution in [0.25, 0.3) is 0 Å². The van der Waals surface area contributed by atoms with Crippen molar-refractivity contribution >= 4 is 11.8 Å². The van der Waals surface area contributed by atoms with E-state index in [4.69, 9.17) is 0 Å². The number of nitrogens with one attached hydrogen (secondary N) is 3. The van der Waals surface area contributed by atoms with Crippen LogP contribution in [0.15, 0.2) is 12.3 Å². The van der Waals surface area contributed by atoms with E-state index in [2.05, 4.69) is 27.4 Å². The van der Waals surface area contributed by atoms with Crippen molar-refractivity contribution in [1.82, 2.24) is 25.4 Å². The summed E-state index contributed by atoms with van der Waals surface area (Å²) in [4.78, 5) is 30.3. The summed E-state index contributed by atoms with van der Waals surface area (Å²) in [5.41, 5.74) is 4.39. The second kappa shape index (κ2) is 7.21. The van der Waals surface area contributed by atoms with Crippen molar-refractivity contribution in [3.8, 4) is 0 Å². The van der Waals surface area contributed by atoms with Crippen LogP contribution in [0.2, 0.25) is 0 Å². The summed E-state index contributed by atoms with van der Waals surface area (Å²) in [6.45, 7) is 5.28. The lowest BCUT2D eigenvalue weighted by Crippen LogP contribution is -2.51. The Bertz CT molecular complexity index is 852. The number of amides is 2. The standard InChI is InChI=1S/C20H27N5O2/c1-12-7-9-21-17(12)19(26)22-15-8-10-25(11-13(15)2)20(27)18-14-5-3-4-6-16(14)23-24-18/h7,9,13,15,21H,3-6,8,10-11H2,1-2H3,(H,22,26)(H,23,24). The number of carbonyl (C=O) groups excluding carboxylic acids is 2. The Balaban J connectivity index is 1.40. The van der Waals surface area contributed by atoms with Crippen molar-refractivity contribution in [3.63, 3.8) is 0 Å². The number of aromatic amines is 2. The van der Waals surface area contributed by atoms with E-state index in [-0.39, 0.29) is 23.8 Å². The molecule has 2 atom stereocenters. The normalized spacial score (nSPS) is 22.4. The van der Waals surface area contributed by atoms with E-state index >= 15 is 0 Å². The third-order valence-corrected chi connectivity index (χ3v) is 5.95. The second-order valence-corrected chi connectivity index (χ2v) is 7.87. The first-order valence-electron chi connectivity index (χ1n) is 9.85. The van der Waals surface area contributed by atoms with Crippen molar-refractivity contribution in [2.75, 3.05) is 13.1 Å². The Labute approximate surface area is 158 Å². The van der Waals surface area contributed by atoms with Gasteiger partial charge in [-0.05, 0) is 56.6 Å². The lowest BCUT2D eigenvalue weighted by Gasteiger charge is -2.37. The summed E-state index contributed by atoms with van der Waals surface area (Å²) in [7, 11) is 0. The lowest BCUT2D eigenvalue weighted by molar-refractivity contribution is 0.0626. The summed E-state index contributed by atoms with van der Waals surface area (Å²) in [6, 6.07) is 1.96. The maximum absolute atomic E-state index is 13.0. The highest BCUT2D eigenvalue weighted by atomic mass is 16.2. The SMILES string of the molecule is Cc1cc[nH]c1C(=O)NC1CCN(C(=O)c2n[nH]c3c2CCCC3)CC1C. The fourth-order valence-electron chi connectivity index (χ4n) is 4.28. The second-order valence-electron chi connectivity index (χ2n) is 7.87. The molecule has 2 aromatic rings. The van der Waals surface area contributed by atoms with Gasteiger partial charge in [-0.15, -0.1) is 0 Å². The zero-order valence-corrected chi connectivity index (χ0v) is 16.0. The number of fused-ring (bicyclic) bond motifs is 1. The van der Waals surface area contributed by atoms with Crippen LogP contribution in [0, 0.1) is 12.8 Å². The van der Waals surface area contributed by atoms with E-state index in [1.165, 1.54) is 0 Å². The van der Waals surface area contributed by atoms with Gasteiger partial charge in [0, 0.05) is 36.6 Å². The summed E-state index contributed by atoms with van der Waals surface area (Å²) in [5, 5.41) is 10.5. The van der Waals surface area contributed by atoms with Gasteiger partial charge in [-0.1, -0.05) is 6.92 Å². The molecule has 27 heavy (non-hydrogen) atoms. The molecule has 1 aliphatic heterocycles. The predicted molar refractivity (Wildman–Crippen MR) is 102 cm³/mol. The molecule has 7 nitrogen and oxygen atoms in total. The number of aromatic nitrogens is 3. The van der Waals surface area contributed by atoms with Gasteiger partial charge in [0.05, 0.1) is 0 Å². The van der Waals surface area contributed by atoms with E-state index in [1.54, 1.807) is 6.20 Å². The Kier molecular flexibility index (Phi) is 4.76. The average Bonchev–Trinajstić information content (AvgIpc) is 3.29. The summed E-state index contributed by atoms with van der Waals surface area (Å²) in [5.74, 6) is 0.137. The quantitative estimate of drug-likeness (QED) is 0.774. The Hall–Kier alpha value is -2.57. The Morgan fingerprint density at radius 1 is 1.30 bits per heavy atom. The van der Waals surface area contributed by atoms with Gasteiger partial charge < -0.3 is 15.2 Å². The van der Waals surface area contributed by atoms with Crippen LogP contribution in [0.5, 0.6) is 0 Å². The maximum Gasteiger partial charge on any atom is 0.274 e. The zero-order chi connectivity index (χ0) is 19.0. The van der Waals surface area contributed by atoms with Crippen molar-refractivity contribution in [2.24, 2.45) is 5.92 Å². The van der Waals surface area contributed by atoms with Crippen LogP contribution < -0.4 is 5.32 Å². The van der Waals surface area contributed by atoms with Gasteiger partial charge in [-0.3, -0.25) is 14.7 Å². The maximum atomic E-state index is 13.0. The van der Waals surface area contributed by atoms with Gasteiger partial charge in [-0.2, -0.15) is 5.10 Å². The van der Waals surface area contributed by atoms with Gasteiger partial charge >= 0.3 is 0 Å². The number of piperidine rings is 1. The van der Waals surface area contributed by atoms with E-state index in [0.717, 1.165) is 48.9 Å². The molecule has 7 heteroatoms. The van der Waals surface area contributed by atoms with Crippen molar-refractivity contribution in [2.45, 2.75) is 52.0 Å². The fourth-order valence-corrected chi connectivity index (χ4v) is 4.28. The smallest absolute Gasteiger partial charge is 0.274 e. The molecule has 4 rings (SSSR count). The number of rotatable bonds is 3. The summed E-state index contributed by atoms with van der Waals surface area (Å²) < 4.78 is 0. The molecule has 2 aromatic heterocycles. The monoisotopic (exact) mass is 369 g/mol. The first-order valence-corrected chi connectivity index (χ1v) is 9.85. The van der Waals surface area contributed by atoms with Crippen LogP contribution in [0.3, 0.4) is 0 Å². The highest BCUT2D eigenvalue weighted by Gasteiger charge is 2.33. The predicted octanol–water partition coefficient (Wildman–Crippen LogP) is 2.21. The molecule has 0 radical (unpaired) electrons. The molecule has 2 aliphatic rings. The Morgan fingerprint density at radius 2 is 2.11 bits per heavy atom. The third-order valence-electron chi connectivity index (χ3n) is 5.95. The molecule has 3 heterocycles. The van der Waals surface area contributed by atoms with Gasteiger partial charge in [-0.25, -0.2) is 0 Å². The minimum Gasteiger partial charge on any atom is -0.357 e. The lowest BCUT2D eigenvalue weighted by atomic mass is 9.92. The number of hydrogen-bond donors (Lipinski definition) is 3. The van der Waals surface area contributed by atoms with Crippen molar-refractivity contribution < 1.29 is 9.59 Å². The van der Waals surface area contributed by atoms with Crippen LogP contribution >= 0.6 is 0 Å². The molecule has 0 aromatic carbocycles. The van der Waals surface area contributed by atoms with Crippen molar-refractivity contribution in [1.29, 1.82) is 0 Å². The number of aryl methyl sites for hydroxylation is 2. The topological polar surface area (TPSA) is 93.9 Å². The minimum absolute atomic E-state index is 0.0197. The molecule has 0 saturated carbocycles. The largest absolute Gasteiger partial charge is 0.357 e. The molecular weight excluding hydrogens is 342 g/mol. The molecule has 1 fully saturated rings. The molecule has 1 aliphatic carbocycles. The highest BCUT2D eigenvalue weighted by Crippen LogP contribution is 2.25. The average molecular weight is 369 g/mol. The molecule has 2 unspecified atom stereocenters. The van der Waals surface area contributed by atoms with E-state index < -0.39 is 0 Å². The minimum atomic E-state index is -0.0736. The summed E-state index contributed by atoms with van der Waals surface area (Å²) >= 11 is 0. The van der Waals surface area contributed by atoms with E-state index in [0.29, 0.717) is 24.5 Å². The van der Waals surface area contributed by atoms with Gasteiger partial charge in [0.1, 0.15) is 5.69 Å². The number of H-pyrrole nitrogens is 2. The number of likely N-dealkylation sites (tertiary alicyclic amines) is 1.